The molecular formula is C30H36ClN3O4S. The Hall–Kier alpha value is -3.36. The monoisotopic (exact) mass is 569 g/mol. The maximum atomic E-state index is 14.0. The lowest BCUT2D eigenvalue weighted by atomic mass is 10.1. The molecule has 7 nitrogen and oxygen atoms in total. The van der Waals surface area contributed by atoms with E-state index in [1.54, 1.807) is 68.4 Å². The van der Waals surface area contributed by atoms with Crippen LogP contribution in [0.5, 0.6) is 0 Å². The fourth-order valence-corrected chi connectivity index (χ4v) is 5.71. The van der Waals surface area contributed by atoms with Gasteiger partial charge >= 0.3 is 0 Å². The zero-order valence-electron chi connectivity index (χ0n) is 23.0. The normalized spacial score (nSPS) is 12.2. The van der Waals surface area contributed by atoms with Crippen LogP contribution < -0.4 is 9.62 Å². The number of hydrogen-bond acceptors (Lipinski definition) is 4. The second kappa shape index (κ2) is 13.1. The molecule has 0 aliphatic rings. The third-order valence-electron chi connectivity index (χ3n) is 6.42. The van der Waals surface area contributed by atoms with E-state index in [0.717, 1.165) is 9.87 Å². The average molecular weight is 570 g/mol. The molecule has 1 atom stereocenters. The van der Waals surface area contributed by atoms with Crippen LogP contribution in [0.3, 0.4) is 0 Å². The molecule has 208 valence electrons. The summed E-state index contributed by atoms with van der Waals surface area (Å²) < 4.78 is 28.9. The Labute approximate surface area is 236 Å². The molecule has 0 spiro atoms. The third kappa shape index (κ3) is 7.61. The lowest BCUT2D eigenvalue weighted by Gasteiger charge is -2.32. The van der Waals surface area contributed by atoms with E-state index >= 15 is 0 Å². The first-order valence-electron chi connectivity index (χ1n) is 12.9. The third-order valence-corrected chi connectivity index (χ3v) is 8.57. The van der Waals surface area contributed by atoms with Gasteiger partial charge in [-0.05, 0) is 62.1 Å². The highest BCUT2D eigenvalue weighted by Gasteiger charge is 2.33. The summed E-state index contributed by atoms with van der Waals surface area (Å²) in [6.07, 6.45) is 0. The molecule has 3 aromatic carbocycles. The number of rotatable bonds is 11. The minimum atomic E-state index is -4.11. The summed E-state index contributed by atoms with van der Waals surface area (Å²) in [6, 6.07) is 19.7. The number of aryl methyl sites for hydroxylation is 2. The summed E-state index contributed by atoms with van der Waals surface area (Å²) in [7, 11) is -4.11. The van der Waals surface area contributed by atoms with Crippen LogP contribution in [-0.2, 0) is 26.2 Å². The molecule has 0 unspecified atom stereocenters. The Morgan fingerprint density at radius 1 is 0.897 bits per heavy atom. The van der Waals surface area contributed by atoms with E-state index in [1.807, 2.05) is 26.8 Å². The van der Waals surface area contributed by atoms with Gasteiger partial charge in [-0.3, -0.25) is 13.9 Å². The lowest BCUT2D eigenvalue weighted by molar-refractivity contribution is -0.139. The second-order valence-corrected chi connectivity index (χ2v) is 12.3. The number of nitrogens with one attached hydrogen (secondary N) is 1. The Bertz CT molecular complexity index is 1410. The highest BCUT2D eigenvalue weighted by Crippen LogP contribution is 2.28. The molecule has 1 N–H and O–H groups in total. The number of halogens is 1. The first-order chi connectivity index (χ1) is 18.4. The molecule has 0 saturated heterocycles. The quantitative estimate of drug-likeness (QED) is 0.338. The molecule has 0 aromatic heterocycles. The zero-order chi connectivity index (χ0) is 28.7. The molecule has 0 bridgehead atoms. The minimum absolute atomic E-state index is 0.0426. The van der Waals surface area contributed by atoms with E-state index in [4.69, 9.17) is 11.6 Å². The molecule has 39 heavy (non-hydrogen) atoms. The van der Waals surface area contributed by atoms with Crippen LogP contribution in [0.1, 0.15) is 37.5 Å². The Kier molecular flexibility index (Phi) is 10.2. The van der Waals surface area contributed by atoms with Gasteiger partial charge in [0.05, 0.1) is 10.6 Å². The van der Waals surface area contributed by atoms with Crippen LogP contribution in [0, 0.1) is 19.8 Å². The molecule has 0 saturated carbocycles. The van der Waals surface area contributed by atoms with Crippen molar-refractivity contribution in [2.75, 3.05) is 17.4 Å². The molecule has 0 heterocycles. The van der Waals surface area contributed by atoms with Gasteiger partial charge in [0.25, 0.3) is 10.0 Å². The fraction of sp³-hybridized carbons (Fsp3) is 0.333. The van der Waals surface area contributed by atoms with Crippen molar-refractivity contribution >= 4 is 39.1 Å². The topological polar surface area (TPSA) is 86.8 Å². The van der Waals surface area contributed by atoms with Crippen LogP contribution in [0.2, 0.25) is 5.02 Å². The van der Waals surface area contributed by atoms with Crippen molar-refractivity contribution in [3.63, 3.8) is 0 Å². The van der Waals surface area contributed by atoms with E-state index in [-0.39, 0.29) is 23.3 Å². The van der Waals surface area contributed by atoms with E-state index in [0.29, 0.717) is 28.4 Å². The highest BCUT2D eigenvalue weighted by atomic mass is 35.5. The van der Waals surface area contributed by atoms with Gasteiger partial charge in [0.15, 0.2) is 0 Å². The minimum Gasteiger partial charge on any atom is -0.354 e. The van der Waals surface area contributed by atoms with Crippen molar-refractivity contribution in [1.82, 2.24) is 10.2 Å². The summed E-state index contributed by atoms with van der Waals surface area (Å²) in [4.78, 5) is 28.5. The standard InChI is InChI=1S/C30H36ClN3O4S/c1-21(2)18-32-30(36)24(5)33(19-25-11-7-8-12-27(25)31)29(35)20-34(28-13-9-6-10-23(28)4)39(37,38)26-16-14-22(3)15-17-26/h6-17,21,24H,18-20H2,1-5H3,(H,32,36)/t24-/m1/s1. The van der Waals surface area contributed by atoms with E-state index in [9.17, 15) is 18.0 Å². The Morgan fingerprint density at radius 3 is 2.13 bits per heavy atom. The van der Waals surface area contributed by atoms with Crippen molar-refractivity contribution < 1.29 is 18.0 Å². The largest absolute Gasteiger partial charge is 0.354 e. The predicted molar refractivity (Wildman–Crippen MR) is 156 cm³/mol. The summed E-state index contributed by atoms with van der Waals surface area (Å²) >= 11 is 6.40. The first kappa shape index (κ1) is 30.2. The molecule has 0 fully saturated rings. The van der Waals surface area contributed by atoms with E-state index < -0.39 is 28.5 Å². The summed E-state index contributed by atoms with van der Waals surface area (Å²) in [5, 5.41) is 3.33. The van der Waals surface area contributed by atoms with E-state index in [2.05, 4.69) is 5.32 Å². The molecule has 0 aliphatic carbocycles. The molecule has 3 rings (SSSR count). The highest BCUT2D eigenvalue weighted by molar-refractivity contribution is 7.92. The van der Waals surface area contributed by atoms with Gasteiger partial charge < -0.3 is 10.2 Å². The van der Waals surface area contributed by atoms with Crippen LogP contribution >= 0.6 is 11.6 Å². The van der Waals surface area contributed by atoms with Gasteiger partial charge in [-0.15, -0.1) is 0 Å². The van der Waals surface area contributed by atoms with Gasteiger partial charge in [0, 0.05) is 18.1 Å². The van der Waals surface area contributed by atoms with Crippen LogP contribution in [0.4, 0.5) is 5.69 Å². The van der Waals surface area contributed by atoms with Gasteiger partial charge in [0.2, 0.25) is 11.8 Å². The number of carbonyl (C=O) groups excluding carboxylic acids is 2. The van der Waals surface area contributed by atoms with Crippen molar-refractivity contribution in [1.29, 1.82) is 0 Å². The van der Waals surface area contributed by atoms with Gasteiger partial charge in [-0.1, -0.05) is 79.5 Å². The Morgan fingerprint density at radius 2 is 1.51 bits per heavy atom. The van der Waals surface area contributed by atoms with Crippen molar-refractivity contribution in [2.24, 2.45) is 5.92 Å². The van der Waals surface area contributed by atoms with Crippen LogP contribution in [-0.4, -0.2) is 44.3 Å². The lowest BCUT2D eigenvalue weighted by Crippen LogP contribution is -2.51. The number of para-hydroxylation sites is 1. The van der Waals surface area contributed by atoms with Gasteiger partial charge in [-0.2, -0.15) is 0 Å². The Balaban J connectivity index is 2.03. The maximum Gasteiger partial charge on any atom is 0.264 e. The molecule has 3 aromatic rings. The molecule has 2 amide bonds. The van der Waals surface area contributed by atoms with Gasteiger partial charge in [0.1, 0.15) is 12.6 Å². The summed E-state index contributed by atoms with van der Waals surface area (Å²) in [6.45, 7) is 9.26. The smallest absolute Gasteiger partial charge is 0.264 e. The van der Waals surface area contributed by atoms with E-state index in [1.165, 1.54) is 17.0 Å². The number of benzene rings is 3. The predicted octanol–water partition coefficient (Wildman–Crippen LogP) is 5.34. The second-order valence-electron chi connectivity index (χ2n) is 10.0. The SMILES string of the molecule is Cc1ccc(S(=O)(=O)N(CC(=O)N(Cc2ccccc2Cl)[C@H](C)C(=O)NCC(C)C)c2ccccc2C)cc1. The molecule has 0 aliphatic heterocycles. The molecule has 9 heteroatoms. The summed E-state index contributed by atoms with van der Waals surface area (Å²) in [5.41, 5.74) is 2.65. The van der Waals surface area contributed by atoms with Crippen molar-refractivity contribution in [3.8, 4) is 0 Å². The first-order valence-corrected chi connectivity index (χ1v) is 14.7. The number of carbonyl (C=O) groups is 2. The number of amides is 2. The van der Waals surface area contributed by atoms with Crippen LogP contribution in [0.25, 0.3) is 0 Å². The van der Waals surface area contributed by atoms with Crippen molar-refractivity contribution in [2.45, 2.75) is 52.1 Å². The van der Waals surface area contributed by atoms with Crippen LogP contribution in [0.15, 0.2) is 77.7 Å². The zero-order valence-corrected chi connectivity index (χ0v) is 24.6. The molecular weight excluding hydrogens is 534 g/mol. The van der Waals surface area contributed by atoms with Gasteiger partial charge in [-0.25, -0.2) is 8.42 Å². The number of hydrogen-bond donors (Lipinski definition) is 1. The number of sulfonamides is 1. The average Bonchev–Trinajstić information content (AvgIpc) is 2.90. The maximum absolute atomic E-state index is 14.0. The van der Waals surface area contributed by atoms with Crippen molar-refractivity contribution in [3.05, 3.63) is 94.5 Å². The fourth-order valence-electron chi connectivity index (χ4n) is 4.04. The molecule has 0 radical (unpaired) electrons. The number of anilines is 1. The summed E-state index contributed by atoms with van der Waals surface area (Å²) in [5.74, 6) is -0.626. The number of nitrogens with zero attached hydrogens (tertiary/aromatic N) is 2.